The van der Waals surface area contributed by atoms with Gasteiger partial charge in [0.15, 0.2) is 6.29 Å². The molecule has 42 heavy (non-hydrogen) atoms. The Hall–Kier alpha value is -1.85. The molecule has 1 saturated heterocycles. The number of hydrogen-bond acceptors (Lipinski definition) is 8. The third kappa shape index (κ3) is 14.1. The SMILES string of the molecule is CCCCCCCCCCCCC/C=C/C(O)C(COC1O[C@H](CO)[C@@H](O)[C@H](O)[C@H]1O)NC(=O)CCc1ccccc1. The molecule has 0 spiro atoms. The molecular weight excluding hydrogens is 538 g/mol. The van der Waals surface area contributed by atoms with Crippen molar-refractivity contribution in [3.63, 3.8) is 0 Å². The maximum absolute atomic E-state index is 12.7. The van der Waals surface area contributed by atoms with E-state index >= 15 is 0 Å². The molecule has 0 radical (unpaired) electrons. The average Bonchev–Trinajstić information content (AvgIpc) is 3.00. The summed E-state index contributed by atoms with van der Waals surface area (Å²) >= 11 is 0. The van der Waals surface area contributed by atoms with Gasteiger partial charge in [0, 0.05) is 6.42 Å². The zero-order valence-corrected chi connectivity index (χ0v) is 25.4. The van der Waals surface area contributed by atoms with Crippen molar-refractivity contribution in [2.24, 2.45) is 0 Å². The minimum atomic E-state index is -1.57. The summed E-state index contributed by atoms with van der Waals surface area (Å²) in [6.45, 7) is 1.45. The Labute approximate surface area is 251 Å². The predicted octanol–water partition coefficient (Wildman–Crippen LogP) is 3.54. The highest BCUT2D eigenvalue weighted by Gasteiger charge is 2.44. The maximum Gasteiger partial charge on any atom is 0.220 e. The van der Waals surface area contributed by atoms with Crippen LogP contribution in [0.2, 0.25) is 0 Å². The largest absolute Gasteiger partial charge is 0.394 e. The molecule has 1 heterocycles. The van der Waals surface area contributed by atoms with Gasteiger partial charge in [-0.15, -0.1) is 0 Å². The second-order valence-electron chi connectivity index (χ2n) is 11.4. The molecule has 240 valence electrons. The van der Waals surface area contributed by atoms with Crippen LogP contribution in [0.15, 0.2) is 42.5 Å². The standard InChI is InChI=1S/C33H55NO8/c1-2-3-4-5-6-7-8-9-10-11-12-13-17-20-27(36)26(34-29(37)22-21-25-18-15-14-16-19-25)24-41-33-32(40)31(39)30(38)28(23-35)42-33/h14-20,26-28,30-33,35-36,38-40H,2-13,21-24H2,1H3,(H,34,37)/b20-17+/t26?,27?,28-,30-,31+,32-,33?/m1/s1. The van der Waals surface area contributed by atoms with Gasteiger partial charge >= 0.3 is 0 Å². The minimum absolute atomic E-state index is 0.218. The van der Waals surface area contributed by atoms with Gasteiger partial charge in [-0.25, -0.2) is 0 Å². The minimum Gasteiger partial charge on any atom is -0.394 e. The number of carbonyl (C=O) groups excluding carboxylic acids is 1. The van der Waals surface area contributed by atoms with Crippen LogP contribution in [-0.2, 0) is 20.7 Å². The van der Waals surface area contributed by atoms with Crippen LogP contribution in [0.3, 0.4) is 0 Å². The van der Waals surface area contributed by atoms with E-state index in [0.717, 1.165) is 24.8 Å². The lowest BCUT2D eigenvalue weighted by molar-refractivity contribution is -0.302. The van der Waals surface area contributed by atoms with E-state index in [1.54, 1.807) is 6.08 Å². The van der Waals surface area contributed by atoms with Crippen molar-refractivity contribution in [1.29, 1.82) is 0 Å². The zero-order valence-electron chi connectivity index (χ0n) is 25.4. The molecule has 7 atom stereocenters. The summed E-state index contributed by atoms with van der Waals surface area (Å²) in [5.41, 5.74) is 1.02. The number of nitrogens with one attached hydrogen (secondary N) is 1. The number of aliphatic hydroxyl groups is 5. The van der Waals surface area contributed by atoms with Crippen LogP contribution < -0.4 is 5.32 Å². The van der Waals surface area contributed by atoms with Gasteiger partial charge in [0.1, 0.15) is 24.4 Å². The van der Waals surface area contributed by atoms with E-state index in [0.29, 0.717) is 6.42 Å². The summed E-state index contributed by atoms with van der Waals surface area (Å²) < 4.78 is 11.1. The van der Waals surface area contributed by atoms with Crippen LogP contribution in [0, 0.1) is 0 Å². The number of benzene rings is 1. The van der Waals surface area contributed by atoms with Crippen LogP contribution in [0.1, 0.15) is 96.0 Å². The lowest BCUT2D eigenvalue weighted by Gasteiger charge is -2.40. The summed E-state index contributed by atoms with van der Waals surface area (Å²) in [6, 6.07) is 8.78. The first kappa shape index (κ1) is 36.3. The molecule has 1 amide bonds. The van der Waals surface area contributed by atoms with Gasteiger partial charge in [-0.2, -0.15) is 0 Å². The number of allylic oxidation sites excluding steroid dienone is 1. The summed E-state index contributed by atoms with van der Waals surface area (Å²) in [5.74, 6) is -0.265. The Balaban J connectivity index is 1.81. The number of aryl methyl sites for hydroxylation is 1. The predicted molar refractivity (Wildman–Crippen MR) is 163 cm³/mol. The number of ether oxygens (including phenoxy) is 2. The Morgan fingerprint density at radius 3 is 2.17 bits per heavy atom. The van der Waals surface area contributed by atoms with E-state index in [1.807, 2.05) is 36.4 Å². The highest BCUT2D eigenvalue weighted by Crippen LogP contribution is 2.22. The first-order valence-corrected chi connectivity index (χ1v) is 16.0. The fraction of sp³-hybridized carbons (Fsp3) is 0.727. The van der Waals surface area contributed by atoms with E-state index in [1.165, 1.54) is 57.8 Å². The molecule has 1 aliphatic rings. The highest BCUT2D eigenvalue weighted by atomic mass is 16.7. The summed E-state index contributed by atoms with van der Waals surface area (Å²) in [4.78, 5) is 12.7. The maximum atomic E-state index is 12.7. The fourth-order valence-corrected chi connectivity index (χ4v) is 5.11. The quantitative estimate of drug-likeness (QED) is 0.0884. The Bertz CT molecular complexity index is 852. The average molecular weight is 594 g/mol. The van der Waals surface area contributed by atoms with Crippen LogP contribution >= 0.6 is 0 Å². The van der Waals surface area contributed by atoms with Gasteiger partial charge in [-0.05, 0) is 24.8 Å². The van der Waals surface area contributed by atoms with Crippen molar-refractivity contribution >= 4 is 5.91 Å². The van der Waals surface area contributed by atoms with Crippen molar-refractivity contribution in [2.75, 3.05) is 13.2 Å². The Morgan fingerprint density at radius 1 is 0.929 bits per heavy atom. The Morgan fingerprint density at radius 2 is 1.55 bits per heavy atom. The van der Waals surface area contributed by atoms with Crippen LogP contribution in [0.5, 0.6) is 0 Å². The van der Waals surface area contributed by atoms with Gasteiger partial charge in [0.2, 0.25) is 5.91 Å². The van der Waals surface area contributed by atoms with Gasteiger partial charge in [-0.3, -0.25) is 4.79 Å². The first-order valence-electron chi connectivity index (χ1n) is 16.0. The van der Waals surface area contributed by atoms with Gasteiger partial charge in [-0.1, -0.05) is 114 Å². The monoisotopic (exact) mass is 593 g/mol. The topological polar surface area (TPSA) is 149 Å². The van der Waals surface area contributed by atoms with Crippen molar-refractivity contribution in [3.8, 4) is 0 Å². The molecule has 0 aromatic heterocycles. The number of hydrogen-bond donors (Lipinski definition) is 6. The molecule has 9 heteroatoms. The third-order valence-electron chi connectivity index (χ3n) is 7.84. The summed E-state index contributed by atoms with van der Waals surface area (Å²) in [5, 5.41) is 53.5. The molecule has 0 bridgehead atoms. The molecule has 9 nitrogen and oxygen atoms in total. The second kappa shape index (κ2) is 21.8. The van der Waals surface area contributed by atoms with Crippen LogP contribution in [0.4, 0.5) is 0 Å². The molecule has 1 aliphatic heterocycles. The number of unbranched alkanes of at least 4 members (excludes halogenated alkanes) is 11. The summed E-state index contributed by atoms with van der Waals surface area (Å²) in [6.07, 6.45) is 10.9. The number of aliphatic hydroxyl groups excluding tert-OH is 5. The number of carbonyl (C=O) groups is 1. The van der Waals surface area contributed by atoms with Crippen LogP contribution in [0.25, 0.3) is 0 Å². The molecule has 1 fully saturated rings. The van der Waals surface area contributed by atoms with E-state index < -0.39 is 49.5 Å². The second-order valence-corrected chi connectivity index (χ2v) is 11.4. The normalized spacial score (nSPS) is 24.1. The summed E-state index contributed by atoms with van der Waals surface area (Å²) in [7, 11) is 0. The molecule has 1 aromatic carbocycles. The fourth-order valence-electron chi connectivity index (χ4n) is 5.11. The van der Waals surface area contributed by atoms with Gasteiger partial charge < -0.3 is 40.3 Å². The third-order valence-corrected chi connectivity index (χ3v) is 7.84. The van der Waals surface area contributed by atoms with Crippen molar-refractivity contribution < 1.29 is 39.8 Å². The van der Waals surface area contributed by atoms with Crippen molar-refractivity contribution in [2.45, 2.75) is 140 Å². The lowest BCUT2D eigenvalue weighted by atomic mass is 9.99. The van der Waals surface area contributed by atoms with E-state index in [2.05, 4.69) is 12.2 Å². The molecule has 2 rings (SSSR count). The number of amides is 1. The van der Waals surface area contributed by atoms with Gasteiger partial charge in [0.25, 0.3) is 0 Å². The van der Waals surface area contributed by atoms with Crippen molar-refractivity contribution in [3.05, 3.63) is 48.0 Å². The molecule has 6 N–H and O–H groups in total. The molecule has 0 aliphatic carbocycles. The smallest absolute Gasteiger partial charge is 0.220 e. The Kier molecular flexibility index (Phi) is 18.8. The van der Waals surface area contributed by atoms with E-state index in [4.69, 9.17) is 9.47 Å². The van der Waals surface area contributed by atoms with Gasteiger partial charge in [0.05, 0.1) is 25.4 Å². The molecule has 3 unspecified atom stereocenters. The van der Waals surface area contributed by atoms with E-state index in [9.17, 15) is 30.3 Å². The number of rotatable bonds is 22. The van der Waals surface area contributed by atoms with Crippen molar-refractivity contribution in [1.82, 2.24) is 5.32 Å². The molecule has 1 aromatic rings. The van der Waals surface area contributed by atoms with E-state index in [-0.39, 0.29) is 18.9 Å². The zero-order chi connectivity index (χ0) is 30.6. The highest BCUT2D eigenvalue weighted by molar-refractivity contribution is 5.76. The molecular formula is C33H55NO8. The lowest BCUT2D eigenvalue weighted by Crippen LogP contribution is -2.60. The van der Waals surface area contributed by atoms with Crippen LogP contribution in [-0.4, -0.2) is 87.5 Å². The molecule has 0 saturated carbocycles. The first-order chi connectivity index (χ1) is 20.4.